The van der Waals surface area contributed by atoms with E-state index >= 15 is 0 Å². The minimum atomic E-state index is -1.09. The Morgan fingerprint density at radius 3 is 2.72 bits per heavy atom. The Morgan fingerprint density at radius 2 is 2.22 bits per heavy atom. The maximum atomic E-state index is 10.8. The number of ether oxygens (including phenoxy) is 2. The summed E-state index contributed by atoms with van der Waals surface area (Å²) in [6.07, 6.45) is 0.0840. The van der Waals surface area contributed by atoms with Gasteiger partial charge < -0.3 is 20.3 Å². The van der Waals surface area contributed by atoms with Crippen molar-refractivity contribution in [2.45, 2.75) is 19.4 Å². The molecule has 0 bridgehead atoms. The third kappa shape index (κ3) is 3.27. The summed E-state index contributed by atoms with van der Waals surface area (Å²) in [6.45, 7) is 2.24. The average Bonchev–Trinajstić information content (AvgIpc) is 2.33. The molecule has 0 aromatic heterocycles. The summed E-state index contributed by atoms with van der Waals surface area (Å²) in [4.78, 5) is 10.8. The molecule has 100 valence electrons. The number of nitrogens with two attached hydrogens (primary N) is 1. The second-order valence-electron chi connectivity index (χ2n) is 3.64. The summed E-state index contributed by atoms with van der Waals surface area (Å²) in [5.74, 6) is -0.130. The molecular weight excluding hydrogens is 258 g/mol. The molecule has 1 atom stereocenters. The van der Waals surface area contributed by atoms with Crippen molar-refractivity contribution in [1.82, 2.24) is 0 Å². The van der Waals surface area contributed by atoms with Crippen LogP contribution in [0.3, 0.4) is 0 Å². The van der Waals surface area contributed by atoms with Crippen LogP contribution in [0, 0.1) is 0 Å². The van der Waals surface area contributed by atoms with E-state index in [0.29, 0.717) is 28.7 Å². The number of methoxy groups -OCH3 is 1. The van der Waals surface area contributed by atoms with E-state index in [-0.39, 0.29) is 6.42 Å². The molecule has 0 fully saturated rings. The lowest BCUT2D eigenvalue weighted by Crippen LogP contribution is -2.32. The molecule has 0 aliphatic rings. The van der Waals surface area contributed by atoms with Crippen molar-refractivity contribution in [2.75, 3.05) is 13.7 Å². The van der Waals surface area contributed by atoms with Gasteiger partial charge >= 0.3 is 5.97 Å². The highest BCUT2D eigenvalue weighted by Gasteiger charge is 2.20. The van der Waals surface area contributed by atoms with Gasteiger partial charge in [-0.15, -0.1) is 0 Å². The minimum absolute atomic E-state index is 0.0840. The SMILES string of the molecule is CCOc1c(OC)ccc(Cl)c1CC(N)C(=O)O. The monoisotopic (exact) mass is 273 g/mol. The summed E-state index contributed by atoms with van der Waals surface area (Å²) in [6, 6.07) is 2.27. The predicted octanol–water partition coefficient (Wildman–Crippen LogP) is 1.70. The van der Waals surface area contributed by atoms with E-state index in [2.05, 4.69) is 0 Å². The number of carbonyl (C=O) groups is 1. The zero-order chi connectivity index (χ0) is 13.7. The molecule has 0 aliphatic heterocycles. The van der Waals surface area contributed by atoms with Gasteiger partial charge in [0.15, 0.2) is 11.5 Å². The molecule has 0 spiro atoms. The number of carboxylic acid groups (broad SMARTS) is 1. The van der Waals surface area contributed by atoms with Crippen LogP contribution in [-0.2, 0) is 11.2 Å². The molecule has 0 amide bonds. The first-order valence-electron chi connectivity index (χ1n) is 5.47. The summed E-state index contributed by atoms with van der Waals surface area (Å²) < 4.78 is 10.6. The topological polar surface area (TPSA) is 81.8 Å². The van der Waals surface area contributed by atoms with E-state index in [9.17, 15) is 4.79 Å². The number of hydrogen-bond acceptors (Lipinski definition) is 4. The standard InChI is InChI=1S/C12H16ClNO4/c1-3-18-11-7(6-9(14)12(15)16)8(13)4-5-10(11)17-2/h4-5,9H,3,6,14H2,1-2H3,(H,15,16). The summed E-state index contributed by atoms with van der Waals surface area (Å²) in [7, 11) is 1.51. The Hall–Kier alpha value is -1.46. The molecule has 6 heteroatoms. The number of rotatable bonds is 6. The van der Waals surface area contributed by atoms with Crippen LogP contribution in [-0.4, -0.2) is 30.8 Å². The van der Waals surface area contributed by atoms with Gasteiger partial charge in [0, 0.05) is 17.0 Å². The van der Waals surface area contributed by atoms with Crippen LogP contribution in [0.5, 0.6) is 11.5 Å². The van der Waals surface area contributed by atoms with Crippen LogP contribution in [0.2, 0.25) is 5.02 Å². The van der Waals surface area contributed by atoms with E-state index in [1.54, 1.807) is 12.1 Å². The van der Waals surface area contributed by atoms with Crippen LogP contribution < -0.4 is 15.2 Å². The van der Waals surface area contributed by atoms with Crippen LogP contribution in [0.1, 0.15) is 12.5 Å². The van der Waals surface area contributed by atoms with Gasteiger partial charge in [0.25, 0.3) is 0 Å². The molecule has 0 saturated heterocycles. The van der Waals surface area contributed by atoms with E-state index in [1.165, 1.54) is 7.11 Å². The van der Waals surface area contributed by atoms with Gasteiger partial charge in [0.1, 0.15) is 6.04 Å². The summed E-state index contributed by atoms with van der Waals surface area (Å²) >= 11 is 6.06. The second-order valence-corrected chi connectivity index (χ2v) is 4.05. The molecule has 1 unspecified atom stereocenters. The molecule has 5 nitrogen and oxygen atoms in total. The fraction of sp³-hybridized carbons (Fsp3) is 0.417. The normalized spacial score (nSPS) is 12.0. The number of benzene rings is 1. The zero-order valence-corrected chi connectivity index (χ0v) is 11.0. The second kappa shape index (κ2) is 6.47. The lowest BCUT2D eigenvalue weighted by Gasteiger charge is -2.16. The van der Waals surface area contributed by atoms with Crippen molar-refractivity contribution in [3.63, 3.8) is 0 Å². The molecule has 1 aromatic carbocycles. The fourth-order valence-corrected chi connectivity index (χ4v) is 1.77. The van der Waals surface area contributed by atoms with Gasteiger partial charge in [0.2, 0.25) is 0 Å². The van der Waals surface area contributed by atoms with Gasteiger partial charge in [-0.25, -0.2) is 0 Å². The van der Waals surface area contributed by atoms with Gasteiger partial charge in [0.05, 0.1) is 13.7 Å². The highest BCUT2D eigenvalue weighted by atomic mass is 35.5. The van der Waals surface area contributed by atoms with E-state index in [4.69, 9.17) is 31.9 Å². The number of carboxylic acids is 1. The minimum Gasteiger partial charge on any atom is -0.493 e. The Bertz CT molecular complexity index is 436. The number of halogens is 1. The lowest BCUT2D eigenvalue weighted by molar-refractivity contribution is -0.138. The molecule has 0 heterocycles. The van der Waals surface area contributed by atoms with Crippen molar-refractivity contribution in [3.05, 3.63) is 22.7 Å². The fourth-order valence-electron chi connectivity index (χ4n) is 1.54. The zero-order valence-electron chi connectivity index (χ0n) is 10.3. The van der Waals surface area contributed by atoms with Crippen LogP contribution >= 0.6 is 11.6 Å². The third-order valence-electron chi connectivity index (χ3n) is 2.42. The van der Waals surface area contributed by atoms with Crippen molar-refractivity contribution >= 4 is 17.6 Å². The highest BCUT2D eigenvalue weighted by molar-refractivity contribution is 6.31. The van der Waals surface area contributed by atoms with Gasteiger partial charge in [-0.3, -0.25) is 4.79 Å². The number of aliphatic carboxylic acids is 1. The van der Waals surface area contributed by atoms with Crippen molar-refractivity contribution in [1.29, 1.82) is 0 Å². The first-order valence-corrected chi connectivity index (χ1v) is 5.85. The molecule has 1 aromatic rings. The lowest BCUT2D eigenvalue weighted by atomic mass is 10.0. The molecule has 0 radical (unpaired) electrons. The van der Waals surface area contributed by atoms with Crippen molar-refractivity contribution in [2.24, 2.45) is 5.73 Å². The predicted molar refractivity (Wildman–Crippen MR) is 68.5 cm³/mol. The van der Waals surface area contributed by atoms with Crippen LogP contribution in [0.15, 0.2) is 12.1 Å². The van der Waals surface area contributed by atoms with Gasteiger partial charge in [-0.1, -0.05) is 11.6 Å². The molecule has 0 saturated carbocycles. The van der Waals surface area contributed by atoms with Crippen LogP contribution in [0.4, 0.5) is 0 Å². The summed E-state index contributed by atoms with van der Waals surface area (Å²) in [5, 5.41) is 9.25. The Kier molecular flexibility index (Phi) is 5.25. The van der Waals surface area contributed by atoms with Gasteiger partial charge in [-0.2, -0.15) is 0 Å². The van der Waals surface area contributed by atoms with Crippen molar-refractivity contribution in [3.8, 4) is 11.5 Å². The smallest absolute Gasteiger partial charge is 0.320 e. The molecule has 1 rings (SSSR count). The molecule has 0 aliphatic carbocycles. The maximum absolute atomic E-state index is 10.8. The molecule has 18 heavy (non-hydrogen) atoms. The quantitative estimate of drug-likeness (QED) is 0.824. The molecular formula is C12H16ClNO4. The third-order valence-corrected chi connectivity index (χ3v) is 2.77. The molecule has 3 N–H and O–H groups in total. The Labute approximate surface area is 110 Å². The van der Waals surface area contributed by atoms with Gasteiger partial charge in [-0.05, 0) is 19.1 Å². The van der Waals surface area contributed by atoms with Crippen molar-refractivity contribution < 1.29 is 19.4 Å². The van der Waals surface area contributed by atoms with E-state index < -0.39 is 12.0 Å². The van der Waals surface area contributed by atoms with E-state index in [0.717, 1.165) is 0 Å². The van der Waals surface area contributed by atoms with E-state index in [1.807, 2.05) is 6.92 Å². The first kappa shape index (κ1) is 14.6. The maximum Gasteiger partial charge on any atom is 0.320 e. The summed E-state index contributed by atoms with van der Waals surface area (Å²) in [5.41, 5.74) is 6.07. The Balaban J connectivity index is 3.17. The Morgan fingerprint density at radius 1 is 1.56 bits per heavy atom. The first-order chi connectivity index (χ1) is 8.51. The average molecular weight is 274 g/mol. The number of hydrogen-bond donors (Lipinski definition) is 2. The van der Waals surface area contributed by atoms with Crippen LogP contribution in [0.25, 0.3) is 0 Å². The highest BCUT2D eigenvalue weighted by Crippen LogP contribution is 2.36. The largest absolute Gasteiger partial charge is 0.493 e.